The normalized spacial score (nSPS) is 22.9. The van der Waals surface area contributed by atoms with Crippen LogP contribution in [0.5, 0.6) is 0 Å². The van der Waals surface area contributed by atoms with Gasteiger partial charge < -0.3 is 9.84 Å². The predicted molar refractivity (Wildman–Crippen MR) is 78.2 cm³/mol. The van der Waals surface area contributed by atoms with Gasteiger partial charge in [0.25, 0.3) is 0 Å². The number of rotatable bonds is 3. The Labute approximate surface area is 119 Å². The van der Waals surface area contributed by atoms with E-state index in [1.807, 2.05) is 18.2 Å². The van der Waals surface area contributed by atoms with Crippen LogP contribution in [0, 0.1) is 12.8 Å². The fourth-order valence-corrected chi connectivity index (χ4v) is 2.87. The van der Waals surface area contributed by atoms with Crippen molar-refractivity contribution in [2.24, 2.45) is 5.92 Å². The van der Waals surface area contributed by atoms with Crippen LogP contribution >= 0.6 is 0 Å². The first-order valence-electron chi connectivity index (χ1n) is 7.41. The van der Waals surface area contributed by atoms with E-state index in [4.69, 9.17) is 4.52 Å². The number of hydrogen-bond acceptors (Lipinski definition) is 4. The van der Waals surface area contributed by atoms with Crippen LogP contribution in [0.1, 0.15) is 43.7 Å². The number of hydrogen-bond donors (Lipinski definition) is 1. The molecule has 2 unspecified atom stereocenters. The topological polar surface area (TPSA) is 51.0 Å². The molecule has 0 bridgehead atoms. The molecule has 1 saturated heterocycles. The maximum absolute atomic E-state index is 5.48. The third-order valence-corrected chi connectivity index (χ3v) is 4.22. The lowest BCUT2D eigenvalue weighted by Gasteiger charge is -2.27. The van der Waals surface area contributed by atoms with E-state index in [-0.39, 0.29) is 6.04 Å². The van der Waals surface area contributed by atoms with Gasteiger partial charge in [0.05, 0.1) is 6.04 Å². The van der Waals surface area contributed by atoms with Crippen LogP contribution in [0.25, 0.3) is 11.4 Å². The molecule has 106 valence electrons. The minimum atomic E-state index is 0.207. The van der Waals surface area contributed by atoms with E-state index in [0.717, 1.165) is 30.3 Å². The van der Waals surface area contributed by atoms with Gasteiger partial charge in [-0.3, -0.25) is 0 Å². The van der Waals surface area contributed by atoms with E-state index in [0.29, 0.717) is 5.82 Å². The molecule has 1 aromatic carbocycles. The summed E-state index contributed by atoms with van der Waals surface area (Å²) in [6.45, 7) is 5.35. The van der Waals surface area contributed by atoms with Crippen molar-refractivity contribution in [1.82, 2.24) is 15.5 Å². The zero-order valence-electron chi connectivity index (χ0n) is 12.1. The van der Waals surface area contributed by atoms with E-state index in [9.17, 15) is 0 Å². The summed E-state index contributed by atoms with van der Waals surface area (Å²) in [7, 11) is 0. The predicted octanol–water partition coefficient (Wildman–Crippen LogP) is 3.50. The molecule has 2 heterocycles. The highest BCUT2D eigenvalue weighted by Gasteiger charge is 2.26. The molecule has 20 heavy (non-hydrogen) atoms. The molecule has 1 N–H and O–H groups in total. The standard InChI is InChI=1S/C16H21N3O/c1-3-12-8-9-17-14(10-12)16-18-15(19-20-16)13-7-5-4-6-11(13)2/h4-7,12,14,17H,3,8-10H2,1-2H3. The van der Waals surface area contributed by atoms with Crippen molar-refractivity contribution in [2.45, 2.75) is 39.2 Å². The number of nitrogens with one attached hydrogen (secondary N) is 1. The lowest BCUT2D eigenvalue weighted by atomic mass is 9.90. The maximum Gasteiger partial charge on any atom is 0.244 e. The molecule has 2 aromatic rings. The highest BCUT2D eigenvalue weighted by atomic mass is 16.5. The molecule has 1 aliphatic rings. The molecule has 4 nitrogen and oxygen atoms in total. The van der Waals surface area contributed by atoms with Crippen molar-refractivity contribution in [3.8, 4) is 11.4 Å². The van der Waals surface area contributed by atoms with E-state index in [1.165, 1.54) is 18.4 Å². The second-order valence-electron chi connectivity index (χ2n) is 5.58. The third kappa shape index (κ3) is 2.61. The lowest BCUT2D eigenvalue weighted by Crippen LogP contribution is -2.31. The van der Waals surface area contributed by atoms with Gasteiger partial charge in [-0.15, -0.1) is 0 Å². The third-order valence-electron chi connectivity index (χ3n) is 4.22. The summed E-state index contributed by atoms with van der Waals surface area (Å²) in [5.74, 6) is 2.18. The Hall–Kier alpha value is -1.68. The number of aryl methyl sites for hydroxylation is 1. The quantitative estimate of drug-likeness (QED) is 0.928. The molecule has 1 aliphatic heterocycles. The highest BCUT2D eigenvalue weighted by Crippen LogP contribution is 2.29. The smallest absolute Gasteiger partial charge is 0.244 e. The highest BCUT2D eigenvalue weighted by molar-refractivity contribution is 5.58. The molecule has 0 saturated carbocycles. The van der Waals surface area contributed by atoms with Crippen LogP contribution in [-0.2, 0) is 0 Å². The number of aromatic nitrogens is 2. The van der Waals surface area contributed by atoms with Gasteiger partial charge in [-0.1, -0.05) is 42.8 Å². The lowest BCUT2D eigenvalue weighted by molar-refractivity contribution is 0.246. The molecule has 2 atom stereocenters. The average Bonchev–Trinajstić information content (AvgIpc) is 2.97. The minimum absolute atomic E-state index is 0.207. The Morgan fingerprint density at radius 2 is 2.20 bits per heavy atom. The Morgan fingerprint density at radius 1 is 1.35 bits per heavy atom. The fraction of sp³-hybridized carbons (Fsp3) is 0.500. The van der Waals surface area contributed by atoms with Crippen LogP contribution in [0.15, 0.2) is 28.8 Å². The molecule has 0 spiro atoms. The van der Waals surface area contributed by atoms with Crippen molar-refractivity contribution in [2.75, 3.05) is 6.54 Å². The molecule has 0 amide bonds. The second kappa shape index (κ2) is 5.75. The first kappa shape index (κ1) is 13.3. The Bertz CT molecular complexity index is 579. The number of piperidine rings is 1. The number of nitrogens with zero attached hydrogens (tertiary/aromatic N) is 2. The Morgan fingerprint density at radius 3 is 3.00 bits per heavy atom. The summed E-state index contributed by atoms with van der Waals surface area (Å²) >= 11 is 0. The van der Waals surface area contributed by atoms with Gasteiger partial charge in [-0.05, 0) is 37.8 Å². The SMILES string of the molecule is CCC1CCNC(c2nc(-c3ccccc3C)no2)C1. The largest absolute Gasteiger partial charge is 0.337 e. The van der Waals surface area contributed by atoms with E-state index in [1.54, 1.807) is 0 Å². The molecular weight excluding hydrogens is 250 g/mol. The summed E-state index contributed by atoms with van der Waals surface area (Å²) in [6, 6.07) is 8.34. The maximum atomic E-state index is 5.48. The molecule has 0 aliphatic carbocycles. The first-order valence-corrected chi connectivity index (χ1v) is 7.41. The fourth-order valence-electron chi connectivity index (χ4n) is 2.87. The average molecular weight is 271 g/mol. The van der Waals surface area contributed by atoms with E-state index < -0.39 is 0 Å². The van der Waals surface area contributed by atoms with Gasteiger partial charge in [-0.2, -0.15) is 4.98 Å². The van der Waals surface area contributed by atoms with Crippen LogP contribution < -0.4 is 5.32 Å². The molecule has 0 radical (unpaired) electrons. The van der Waals surface area contributed by atoms with Crippen LogP contribution in [0.2, 0.25) is 0 Å². The van der Waals surface area contributed by atoms with Crippen LogP contribution in [0.3, 0.4) is 0 Å². The van der Waals surface area contributed by atoms with Crippen LogP contribution in [-0.4, -0.2) is 16.7 Å². The van der Waals surface area contributed by atoms with E-state index >= 15 is 0 Å². The van der Waals surface area contributed by atoms with Crippen LogP contribution in [0.4, 0.5) is 0 Å². The summed E-state index contributed by atoms with van der Waals surface area (Å²) in [5, 5.41) is 7.63. The zero-order valence-corrected chi connectivity index (χ0v) is 12.1. The minimum Gasteiger partial charge on any atom is -0.337 e. The van der Waals surface area contributed by atoms with Crippen molar-refractivity contribution >= 4 is 0 Å². The van der Waals surface area contributed by atoms with Gasteiger partial charge in [0.1, 0.15) is 0 Å². The summed E-state index contributed by atoms with van der Waals surface area (Å²) in [5.41, 5.74) is 2.22. The number of benzene rings is 1. The Balaban J connectivity index is 1.82. The summed E-state index contributed by atoms with van der Waals surface area (Å²) in [4.78, 5) is 4.59. The van der Waals surface area contributed by atoms with Crippen molar-refractivity contribution in [3.63, 3.8) is 0 Å². The molecular formula is C16H21N3O. The van der Waals surface area contributed by atoms with Gasteiger partial charge in [0, 0.05) is 5.56 Å². The molecule has 4 heteroatoms. The molecule has 1 aromatic heterocycles. The monoisotopic (exact) mass is 271 g/mol. The van der Waals surface area contributed by atoms with Gasteiger partial charge in [0.2, 0.25) is 11.7 Å². The van der Waals surface area contributed by atoms with Crippen molar-refractivity contribution in [3.05, 3.63) is 35.7 Å². The molecule has 1 fully saturated rings. The molecule has 3 rings (SSSR count). The van der Waals surface area contributed by atoms with Gasteiger partial charge in [0.15, 0.2) is 0 Å². The Kier molecular flexibility index (Phi) is 3.83. The summed E-state index contributed by atoms with van der Waals surface area (Å²) in [6.07, 6.45) is 3.55. The van der Waals surface area contributed by atoms with Crippen molar-refractivity contribution in [1.29, 1.82) is 0 Å². The first-order chi connectivity index (χ1) is 9.78. The van der Waals surface area contributed by atoms with Gasteiger partial charge in [-0.25, -0.2) is 0 Å². The summed E-state index contributed by atoms with van der Waals surface area (Å²) < 4.78 is 5.48. The van der Waals surface area contributed by atoms with Crippen molar-refractivity contribution < 1.29 is 4.52 Å². The second-order valence-corrected chi connectivity index (χ2v) is 5.58. The van der Waals surface area contributed by atoms with Gasteiger partial charge >= 0.3 is 0 Å². The van der Waals surface area contributed by atoms with E-state index in [2.05, 4.69) is 35.4 Å². The zero-order chi connectivity index (χ0) is 13.9.